The van der Waals surface area contributed by atoms with Gasteiger partial charge in [0, 0.05) is 19.7 Å². The molecule has 1 saturated carbocycles. The van der Waals surface area contributed by atoms with Crippen molar-refractivity contribution in [3.8, 4) is 0 Å². The minimum absolute atomic E-state index is 0.354. The van der Waals surface area contributed by atoms with Crippen molar-refractivity contribution in [1.29, 1.82) is 0 Å². The average molecular weight is 271 g/mol. The average Bonchev–Trinajstić information content (AvgIpc) is 2.43. The van der Waals surface area contributed by atoms with Gasteiger partial charge in [-0.15, -0.1) is 0 Å². The van der Waals surface area contributed by atoms with E-state index in [0.29, 0.717) is 12.6 Å². The lowest BCUT2D eigenvalue weighted by atomic mass is 10.0. The van der Waals surface area contributed by atoms with Crippen LogP contribution in [-0.4, -0.2) is 49.5 Å². The second kappa shape index (κ2) is 10.6. The third-order valence-electron chi connectivity index (χ3n) is 4.31. The van der Waals surface area contributed by atoms with Crippen molar-refractivity contribution in [2.75, 3.05) is 27.3 Å². The first-order chi connectivity index (χ1) is 9.24. The Morgan fingerprint density at radius 1 is 1.00 bits per heavy atom. The minimum Gasteiger partial charge on any atom is -0.389 e. The summed E-state index contributed by atoms with van der Waals surface area (Å²) in [6.45, 7) is 1.18. The second-order valence-electron chi connectivity index (χ2n) is 6.11. The molecule has 1 unspecified atom stereocenters. The van der Waals surface area contributed by atoms with Crippen LogP contribution in [0.15, 0.2) is 0 Å². The predicted molar refractivity (Wildman–Crippen MR) is 80.5 cm³/mol. The lowest BCUT2D eigenvalue weighted by Crippen LogP contribution is -2.39. The Balaban J connectivity index is 2.36. The molecule has 0 spiro atoms. The van der Waals surface area contributed by atoms with E-state index in [9.17, 15) is 5.11 Å². The lowest BCUT2D eigenvalue weighted by Gasteiger charge is -2.30. The summed E-state index contributed by atoms with van der Waals surface area (Å²) in [5.41, 5.74) is 0. The maximum absolute atomic E-state index is 9.85. The molecule has 1 aliphatic rings. The van der Waals surface area contributed by atoms with Crippen molar-refractivity contribution in [2.24, 2.45) is 0 Å². The molecule has 0 radical (unpaired) electrons. The normalized spacial score (nSPS) is 22.1. The largest absolute Gasteiger partial charge is 0.389 e. The molecule has 1 rings (SSSR count). The molecular weight excluding hydrogens is 238 g/mol. The molecule has 3 heteroatoms. The van der Waals surface area contributed by atoms with E-state index in [4.69, 9.17) is 4.74 Å². The number of aliphatic hydroxyl groups is 1. The zero-order valence-electron chi connectivity index (χ0n) is 12.9. The van der Waals surface area contributed by atoms with Crippen LogP contribution in [0.3, 0.4) is 0 Å². The van der Waals surface area contributed by atoms with Crippen LogP contribution in [0.2, 0.25) is 0 Å². The van der Waals surface area contributed by atoms with E-state index in [2.05, 4.69) is 11.9 Å². The van der Waals surface area contributed by atoms with Gasteiger partial charge in [-0.05, 0) is 19.9 Å². The van der Waals surface area contributed by atoms with Crippen molar-refractivity contribution in [3.63, 3.8) is 0 Å². The Morgan fingerprint density at radius 3 is 1.95 bits per heavy atom. The molecule has 0 aromatic heterocycles. The van der Waals surface area contributed by atoms with E-state index in [0.717, 1.165) is 6.54 Å². The molecule has 1 atom stereocenters. The van der Waals surface area contributed by atoms with Crippen LogP contribution in [0.25, 0.3) is 0 Å². The number of hydrogen-bond acceptors (Lipinski definition) is 3. The number of likely N-dealkylation sites (N-methyl/N-ethyl adjacent to an activating group) is 1. The molecule has 1 aliphatic carbocycles. The van der Waals surface area contributed by atoms with Crippen LogP contribution in [0.1, 0.15) is 64.2 Å². The Bertz CT molecular complexity index is 199. The topological polar surface area (TPSA) is 32.7 Å². The van der Waals surface area contributed by atoms with Crippen LogP contribution >= 0.6 is 0 Å². The lowest BCUT2D eigenvalue weighted by molar-refractivity contribution is 0.0317. The maximum Gasteiger partial charge on any atom is 0.0900 e. The fourth-order valence-electron chi connectivity index (χ4n) is 3.13. The molecule has 1 fully saturated rings. The molecule has 0 heterocycles. The van der Waals surface area contributed by atoms with E-state index < -0.39 is 0 Å². The third-order valence-corrected chi connectivity index (χ3v) is 4.31. The van der Waals surface area contributed by atoms with E-state index in [1.807, 2.05) is 0 Å². The van der Waals surface area contributed by atoms with Crippen LogP contribution in [-0.2, 0) is 4.74 Å². The first kappa shape index (κ1) is 16.9. The summed E-state index contributed by atoms with van der Waals surface area (Å²) in [7, 11) is 3.80. The van der Waals surface area contributed by atoms with Crippen molar-refractivity contribution < 1.29 is 9.84 Å². The summed E-state index contributed by atoms with van der Waals surface area (Å²) in [4.78, 5) is 2.35. The fourth-order valence-corrected chi connectivity index (χ4v) is 3.13. The van der Waals surface area contributed by atoms with Gasteiger partial charge in [-0.3, -0.25) is 0 Å². The van der Waals surface area contributed by atoms with Gasteiger partial charge in [-0.1, -0.05) is 51.4 Å². The Morgan fingerprint density at radius 2 is 1.47 bits per heavy atom. The van der Waals surface area contributed by atoms with Crippen LogP contribution in [0, 0.1) is 0 Å². The quantitative estimate of drug-likeness (QED) is 0.833. The Hall–Kier alpha value is -0.120. The van der Waals surface area contributed by atoms with E-state index in [1.54, 1.807) is 7.11 Å². The molecule has 0 aromatic carbocycles. The molecule has 1 N–H and O–H groups in total. The third kappa shape index (κ3) is 7.91. The molecule has 0 aromatic rings. The zero-order chi connectivity index (χ0) is 13.9. The SMILES string of the molecule is COCC(O)CN(C)C1CCCCCCCCCC1. The molecule has 0 saturated heterocycles. The molecule has 19 heavy (non-hydrogen) atoms. The summed E-state index contributed by atoms with van der Waals surface area (Å²) in [6, 6.07) is 0.643. The summed E-state index contributed by atoms with van der Waals surface area (Å²) >= 11 is 0. The summed E-state index contributed by atoms with van der Waals surface area (Å²) < 4.78 is 5.01. The predicted octanol–water partition coefficient (Wildman–Crippen LogP) is 3.21. The Labute approximate surface area is 119 Å². The van der Waals surface area contributed by atoms with Gasteiger partial charge in [0.2, 0.25) is 0 Å². The fraction of sp³-hybridized carbons (Fsp3) is 1.00. The van der Waals surface area contributed by atoms with Gasteiger partial charge in [0.15, 0.2) is 0 Å². The highest BCUT2D eigenvalue weighted by molar-refractivity contribution is 4.72. The highest BCUT2D eigenvalue weighted by Gasteiger charge is 2.17. The van der Waals surface area contributed by atoms with Gasteiger partial charge in [0.25, 0.3) is 0 Å². The summed E-state index contributed by atoms with van der Waals surface area (Å²) in [6.07, 6.45) is 13.3. The van der Waals surface area contributed by atoms with Gasteiger partial charge in [0.1, 0.15) is 0 Å². The van der Waals surface area contributed by atoms with Gasteiger partial charge < -0.3 is 14.7 Å². The van der Waals surface area contributed by atoms with Gasteiger partial charge in [0.05, 0.1) is 12.7 Å². The summed E-state index contributed by atoms with van der Waals surface area (Å²) in [5, 5.41) is 9.85. The monoisotopic (exact) mass is 271 g/mol. The summed E-state index contributed by atoms with van der Waals surface area (Å²) in [5.74, 6) is 0. The van der Waals surface area contributed by atoms with Crippen molar-refractivity contribution in [2.45, 2.75) is 76.4 Å². The van der Waals surface area contributed by atoms with Crippen molar-refractivity contribution >= 4 is 0 Å². The molecule has 3 nitrogen and oxygen atoms in total. The molecule has 114 valence electrons. The Kier molecular flexibility index (Phi) is 9.48. The number of methoxy groups -OCH3 is 1. The second-order valence-corrected chi connectivity index (χ2v) is 6.11. The number of nitrogens with zero attached hydrogens (tertiary/aromatic N) is 1. The van der Waals surface area contributed by atoms with Gasteiger partial charge >= 0.3 is 0 Å². The minimum atomic E-state index is -0.354. The molecule has 0 amide bonds. The van der Waals surface area contributed by atoms with Gasteiger partial charge in [-0.2, -0.15) is 0 Å². The van der Waals surface area contributed by atoms with E-state index in [-0.39, 0.29) is 6.10 Å². The maximum atomic E-state index is 9.85. The number of rotatable bonds is 5. The van der Waals surface area contributed by atoms with Crippen LogP contribution in [0.5, 0.6) is 0 Å². The first-order valence-corrected chi connectivity index (χ1v) is 8.11. The molecule has 0 bridgehead atoms. The van der Waals surface area contributed by atoms with Crippen LogP contribution < -0.4 is 0 Å². The highest BCUT2D eigenvalue weighted by Crippen LogP contribution is 2.20. The molecular formula is C16H33NO2. The standard InChI is InChI=1S/C16H33NO2/c1-17(13-16(18)14-19-2)15-11-9-7-5-3-4-6-8-10-12-15/h15-16,18H,3-14H2,1-2H3. The van der Waals surface area contributed by atoms with E-state index >= 15 is 0 Å². The van der Waals surface area contributed by atoms with Gasteiger partial charge in [-0.25, -0.2) is 0 Å². The number of ether oxygens (including phenoxy) is 1. The number of aliphatic hydroxyl groups excluding tert-OH is 1. The smallest absolute Gasteiger partial charge is 0.0900 e. The van der Waals surface area contributed by atoms with Crippen molar-refractivity contribution in [1.82, 2.24) is 4.90 Å². The first-order valence-electron chi connectivity index (χ1n) is 8.11. The highest BCUT2D eigenvalue weighted by atomic mass is 16.5. The van der Waals surface area contributed by atoms with Crippen LogP contribution in [0.4, 0.5) is 0 Å². The number of hydrogen-bond donors (Lipinski definition) is 1. The van der Waals surface area contributed by atoms with Crippen molar-refractivity contribution in [3.05, 3.63) is 0 Å². The van der Waals surface area contributed by atoms with E-state index in [1.165, 1.54) is 64.2 Å². The molecule has 0 aliphatic heterocycles. The zero-order valence-corrected chi connectivity index (χ0v) is 12.9.